The number of hydrogen-bond donors (Lipinski definition) is 0. The lowest BCUT2D eigenvalue weighted by Crippen LogP contribution is -2.39. The maximum atomic E-state index is 12.6. The molecule has 1 saturated heterocycles. The quantitative estimate of drug-likeness (QED) is 0.731. The van der Waals surface area contributed by atoms with Crippen LogP contribution in [0.4, 0.5) is 0 Å². The minimum atomic E-state index is -3.59. The molecule has 0 aromatic carbocycles. The summed E-state index contributed by atoms with van der Waals surface area (Å²) in [4.78, 5) is 0. The van der Waals surface area contributed by atoms with Crippen molar-refractivity contribution in [3.8, 4) is 0 Å². The number of hydrogen-bond acceptors (Lipinski definition) is 5. The molecule has 0 unspecified atom stereocenters. The van der Waals surface area contributed by atoms with Gasteiger partial charge in [-0.25, -0.2) is 8.42 Å². The van der Waals surface area contributed by atoms with Crippen molar-refractivity contribution in [2.75, 3.05) is 13.1 Å². The van der Waals surface area contributed by atoms with Crippen molar-refractivity contribution >= 4 is 15.7 Å². The molecule has 1 aliphatic heterocycles. The Morgan fingerprint density at radius 1 is 1.17 bits per heavy atom. The predicted octanol–water partition coefficient (Wildman–Crippen LogP) is 1.89. The minimum Gasteiger partial charge on any atom is -0.452 e. The number of rotatable bonds is 3. The lowest BCUT2D eigenvalue weighted by Gasteiger charge is -2.30. The molecule has 7 nitrogen and oxygen atoms in total. The highest BCUT2D eigenvalue weighted by molar-refractivity contribution is 7.89. The summed E-state index contributed by atoms with van der Waals surface area (Å²) in [6.45, 7) is 0.884. The van der Waals surface area contributed by atoms with E-state index < -0.39 is 10.0 Å². The van der Waals surface area contributed by atoms with Gasteiger partial charge in [-0.05, 0) is 37.1 Å². The zero-order valence-electron chi connectivity index (χ0n) is 12.4. The fourth-order valence-corrected chi connectivity index (χ4v) is 4.48. The molecule has 0 N–H and O–H groups in total. The molecule has 8 heteroatoms. The summed E-state index contributed by atoms with van der Waals surface area (Å²) in [5.41, 5.74) is 0.772. The second-order valence-corrected chi connectivity index (χ2v) is 7.49. The molecule has 1 fully saturated rings. The van der Waals surface area contributed by atoms with Gasteiger partial charge in [-0.1, -0.05) is 6.07 Å². The largest absolute Gasteiger partial charge is 0.452 e. The van der Waals surface area contributed by atoms with Crippen LogP contribution >= 0.6 is 0 Å². The molecule has 120 valence electrons. The average molecular weight is 332 g/mol. The molecule has 0 radical (unpaired) electrons. The van der Waals surface area contributed by atoms with E-state index in [1.54, 1.807) is 6.07 Å². The van der Waals surface area contributed by atoms with E-state index in [1.807, 2.05) is 28.8 Å². The van der Waals surface area contributed by atoms with Gasteiger partial charge in [-0.15, -0.1) is 10.2 Å². The molecule has 23 heavy (non-hydrogen) atoms. The van der Waals surface area contributed by atoms with Crippen molar-refractivity contribution in [1.29, 1.82) is 0 Å². The molecular formula is C15H16N4O3S. The Kier molecular flexibility index (Phi) is 3.42. The van der Waals surface area contributed by atoms with Gasteiger partial charge >= 0.3 is 0 Å². The Labute approximate surface area is 133 Å². The highest BCUT2D eigenvalue weighted by Crippen LogP contribution is 2.29. The van der Waals surface area contributed by atoms with Crippen LogP contribution < -0.4 is 0 Å². The van der Waals surface area contributed by atoms with Gasteiger partial charge in [0, 0.05) is 25.2 Å². The molecule has 4 heterocycles. The minimum absolute atomic E-state index is 0.00995. The molecule has 0 amide bonds. The Bertz CT molecular complexity index is 917. The second-order valence-electron chi connectivity index (χ2n) is 5.62. The zero-order valence-corrected chi connectivity index (χ0v) is 13.2. The Morgan fingerprint density at radius 2 is 2.09 bits per heavy atom. The Hall–Kier alpha value is -2.19. The number of aromatic nitrogens is 3. The number of pyridine rings is 1. The summed E-state index contributed by atoms with van der Waals surface area (Å²) in [6.07, 6.45) is 4.96. The number of piperidine rings is 1. The first-order chi connectivity index (χ1) is 11.2. The molecule has 0 spiro atoms. The summed E-state index contributed by atoms with van der Waals surface area (Å²) < 4.78 is 33.7. The lowest BCUT2D eigenvalue weighted by atomic mass is 9.99. The molecule has 3 aromatic rings. The van der Waals surface area contributed by atoms with Crippen LogP contribution in [-0.4, -0.2) is 40.4 Å². The molecule has 3 aromatic heterocycles. The van der Waals surface area contributed by atoms with Gasteiger partial charge in [0.1, 0.15) is 5.82 Å². The van der Waals surface area contributed by atoms with Crippen molar-refractivity contribution in [1.82, 2.24) is 18.9 Å². The maximum absolute atomic E-state index is 12.6. The fourth-order valence-electron chi connectivity index (χ4n) is 3.05. The van der Waals surface area contributed by atoms with Crippen LogP contribution in [0.5, 0.6) is 0 Å². The van der Waals surface area contributed by atoms with Crippen molar-refractivity contribution in [3.05, 3.63) is 48.6 Å². The number of sulfonamides is 1. The normalized spacial score (nSPS) is 20.1. The third kappa shape index (κ3) is 2.43. The molecule has 1 atom stereocenters. The van der Waals surface area contributed by atoms with E-state index in [1.165, 1.54) is 16.6 Å². The van der Waals surface area contributed by atoms with Crippen LogP contribution in [0.2, 0.25) is 0 Å². The van der Waals surface area contributed by atoms with Gasteiger partial charge in [0.2, 0.25) is 5.09 Å². The van der Waals surface area contributed by atoms with Crippen LogP contribution in [-0.2, 0) is 10.0 Å². The molecular weight excluding hydrogens is 316 g/mol. The molecule has 0 saturated carbocycles. The van der Waals surface area contributed by atoms with Crippen LogP contribution in [0.25, 0.3) is 5.65 Å². The first-order valence-corrected chi connectivity index (χ1v) is 8.93. The van der Waals surface area contributed by atoms with Crippen molar-refractivity contribution in [3.63, 3.8) is 0 Å². The van der Waals surface area contributed by atoms with Gasteiger partial charge in [-0.3, -0.25) is 4.40 Å². The lowest BCUT2D eigenvalue weighted by molar-refractivity contribution is 0.299. The Balaban J connectivity index is 1.65. The van der Waals surface area contributed by atoms with Gasteiger partial charge < -0.3 is 4.42 Å². The molecule has 4 rings (SSSR count). The zero-order chi connectivity index (χ0) is 15.9. The van der Waals surface area contributed by atoms with E-state index in [0.717, 1.165) is 24.3 Å². The summed E-state index contributed by atoms with van der Waals surface area (Å²) >= 11 is 0. The van der Waals surface area contributed by atoms with E-state index in [0.29, 0.717) is 13.1 Å². The monoisotopic (exact) mass is 332 g/mol. The number of nitrogens with zero attached hydrogens (tertiary/aromatic N) is 4. The third-order valence-corrected chi connectivity index (χ3v) is 5.93. The Morgan fingerprint density at radius 3 is 2.91 bits per heavy atom. The summed E-state index contributed by atoms with van der Waals surface area (Å²) in [5.74, 6) is 0.825. The summed E-state index contributed by atoms with van der Waals surface area (Å²) in [6, 6.07) is 8.77. The van der Waals surface area contributed by atoms with E-state index in [9.17, 15) is 8.42 Å². The number of furan rings is 1. The van der Waals surface area contributed by atoms with E-state index in [-0.39, 0.29) is 11.0 Å². The molecule has 0 aliphatic carbocycles. The van der Waals surface area contributed by atoms with Gasteiger partial charge in [0.15, 0.2) is 5.65 Å². The van der Waals surface area contributed by atoms with Crippen molar-refractivity contribution < 1.29 is 12.8 Å². The predicted molar refractivity (Wildman–Crippen MR) is 82.4 cm³/mol. The topological polar surface area (TPSA) is 80.7 Å². The van der Waals surface area contributed by atoms with Gasteiger partial charge in [0.25, 0.3) is 10.0 Å². The summed E-state index contributed by atoms with van der Waals surface area (Å²) in [5, 5.41) is 8.41. The average Bonchev–Trinajstić information content (AvgIpc) is 3.25. The van der Waals surface area contributed by atoms with Crippen molar-refractivity contribution in [2.24, 2.45) is 0 Å². The standard InChI is InChI=1S/C15H16N4O3S/c20-23(21,14-7-4-10-22-14)18-8-3-5-12(11-18)15-17-16-13-6-1-2-9-19(13)15/h1-2,4,6-7,9-10,12H,3,5,8,11H2/t12-/m0/s1. The fraction of sp³-hybridized carbons (Fsp3) is 0.333. The van der Waals surface area contributed by atoms with Gasteiger partial charge in [0.05, 0.1) is 6.26 Å². The highest BCUT2D eigenvalue weighted by atomic mass is 32.2. The first kappa shape index (κ1) is 14.4. The van der Waals surface area contributed by atoms with Crippen LogP contribution in [0, 0.1) is 0 Å². The maximum Gasteiger partial charge on any atom is 0.276 e. The van der Waals surface area contributed by atoms with E-state index in [4.69, 9.17) is 4.42 Å². The number of fused-ring (bicyclic) bond motifs is 1. The molecule has 0 bridgehead atoms. The highest BCUT2D eigenvalue weighted by Gasteiger charge is 2.34. The SMILES string of the molecule is O=S(=O)(c1ccco1)N1CCC[C@H](c2nnc3ccccn23)C1. The second kappa shape index (κ2) is 5.47. The van der Waals surface area contributed by atoms with Crippen LogP contribution in [0.1, 0.15) is 24.6 Å². The van der Waals surface area contributed by atoms with Crippen LogP contribution in [0.3, 0.4) is 0 Å². The third-order valence-electron chi connectivity index (χ3n) is 4.18. The van der Waals surface area contributed by atoms with Crippen molar-refractivity contribution in [2.45, 2.75) is 23.9 Å². The van der Waals surface area contributed by atoms with Gasteiger partial charge in [-0.2, -0.15) is 4.31 Å². The van der Waals surface area contributed by atoms with Crippen LogP contribution in [0.15, 0.2) is 52.3 Å². The summed E-state index contributed by atoms with van der Waals surface area (Å²) in [7, 11) is -3.59. The van der Waals surface area contributed by atoms with E-state index >= 15 is 0 Å². The first-order valence-electron chi connectivity index (χ1n) is 7.49. The molecule has 1 aliphatic rings. The van der Waals surface area contributed by atoms with E-state index in [2.05, 4.69) is 10.2 Å². The smallest absolute Gasteiger partial charge is 0.276 e.